The average Bonchev–Trinajstić information content (AvgIpc) is 3.14. The van der Waals surface area contributed by atoms with Gasteiger partial charge < -0.3 is 0 Å². The van der Waals surface area contributed by atoms with Gasteiger partial charge in [-0.2, -0.15) is 0 Å². The molecule has 0 nitrogen and oxygen atoms in total. The third-order valence-electron chi connectivity index (χ3n) is 8.83. The van der Waals surface area contributed by atoms with Crippen LogP contribution in [0.5, 0.6) is 0 Å². The fraction of sp³-hybridized carbons (Fsp3) is 0.0667. The van der Waals surface area contributed by atoms with Gasteiger partial charge in [0.25, 0.3) is 0 Å². The number of hydrogen-bond donors (Lipinski definition) is 0. The highest BCUT2D eigenvalue weighted by Gasteiger charge is 2.27. The van der Waals surface area contributed by atoms with Gasteiger partial charge in [-0.15, -0.1) is 0 Å². The molecule has 0 saturated heterocycles. The zero-order valence-corrected chi connectivity index (χ0v) is 26.9. The summed E-state index contributed by atoms with van der Waals surface area (Å²) in [4.78, 5) is 0. The molecular formula is C45H39B. The minimum absolute atomic E-state index is 0.0335. The van der Waals surface area contributed by atoms with Crippen LogP contribution >= 0.6 is 0 Å². The molecule has 0 aliphatic rings. The first-order valence-electron chi connectivity index (χ1n) is 16.1. The molecular weight excluding hydrogens is 551 g/mol. The van der Waals surface area contributed by atoms with Crippen molar-refractivity contribution in [2.24, 2.45) is 0 Å². The Bertz CT molecular complexity index is 1860. The second-order valence-corrected chi connectivity index (χ2v) is 11.8. The van der Waals surface area contributed by atoms with Crippen molar-refractivity contribution in [1.29, 1.82) is 0 Å². The Hall–Kier alpha value is -5.40. The first-order chi connectivity index (χ1) is 22.6. The van der Waals surface area contributed by atoms with Crippen molar-refractivity contribution in [2.45, 2.75) is 20.8 Å². The van der Waals surface area contributed by atoms with Crippen LogP contribution in [0.2, 0.25) is 0 Å². The fourth-order valence-corrected chi connectivity index (χ4v) is 6.17. The summed E-state index contributed by atoms with van der Waals surface area (Å²) in [5.41, 5.74) is 15.0. The molecule has 0 saturated carbocycles. The molecule has 222 valence electrons. The second-order valence-electron chi connectivity index (χ2n) is 11.8. The Morgan fingerprint density at radius 2 is 0.783 bits per heavy atom. The van der Waals surface area contributed by atoms with E-state index in [-0.39, 0.29) is 6.71 Å². The summed E-state index contributed by atoms with van der Waals surface area (Å²) in [6.45, 7) is 6.60. The van der Waals surface area contributed by atoms with E-state index in [1.54, 1.807) is 0 Å². The minimum Gasteiger partial charge on any atom is -0.0877 e. The van der Waals surface area contributed by atoms with Crippen molar-refractivity contribution >= 4 is 23.1 Å². The van der Waals surface area contributed by atoms with E-state index in [0.29, 0.717) is 0 Å². The molecule has 0 atom stereocenters. The Labute approximate surface area is 275 Å². The van der Waals surface area contributed by atoms with E-state index in [9.17, 15) is 0 Å². The van der Waals surface area contributed by atoms with E-state index in [2.05, 4.69) is 203 Å². The molecule has 6 aromatic rings. The predicted octanol–water partition coefficient (Wildman–Crippen LogP) is 10.8. The van der Waals surface area contributed by atoms with E-state index >= 15 is 0 Å². The maximum absolute atomic E-state index is 2.31. The summed E-state index contributed by atoms with van der Waals surface area (Å²) in [5, 5.41) is 0. The maximum Gasteiger partial charge on any atom is 0.242 e. The van der Waals surface area contributed by atoms with Crippen LogP contribution in [-0.2, 0) is 0 Å². The molecule has 0 N–H and O–H groups in total. The lowest BCUT2D eigenvalue weighted by Gasteiger charge is -2.24. The maximum atomic E-state index is 2.31. The van der Waals surface area contributed by atoms with Gasteiger partial charge in [0.1, 0.15) is 0 Å². The second kappa shape index (κ2) is 14.6. The standard InChI is InChI=1S/C45H39B/c1-4-5-15-34(2)35(3)45(42-24-22-39(23-25-42)36-16-9-6-10-17-36)46(43-30-26-40(27-31-43)37-18-11-7-12-19-37)44-32-28-41(29-33-44)38-20-13-8-14-21-38/h4-33H,1-3H3/b5-4-,34-15+,45-35-. The van der Waals surface area contributed by atoms with Gasteiger partial charge in [0, 0.05) is 0 Å². The van der Waals surface area contributed by atoms with E-state index < -0.39 is 0 Å². The van der Waals surface area contributed by atoms with E-state index in [0.717, 1.165) is 0 Å². The molecule has 0 aromatic heterocycles. The molecule has 1 heteroatoms. The summed E-state index contributed by atoms with van der Waals surface area (Å²) in [6, 6.07) is 59.3. The fourth-order valence-electron chi connectivity index (χ4n) is 6.17. The SMILES string of the molecule is C\C=C/C=C(C)/C(C)=C(\B(c1ccc(-c2ccccc2)cc1)c1ccc(-c2ccccc2)cc1)c1ccc(-c2ccccc2)cc1. The smallest absolute Gasteiger partial charge is 0.0877 e. The molecule has 0 heterocycles. The number of rotatable bonds is 9. The van der Waals surface area contributed by atoms with Crippen LogP contribution in [0.25, 0.3) is 38.9 Å². The van der Waals surface area contributed by atoms with Crippen molar-refractivity contribution in [3.63, 3.8) is 0 Å². The molecule has 0 fully saturated rings. The summed E-state index contributed by atoms with van der Waals surface area (Å²) < 4.78 is 0. The number of benzene rings is 6. The molecule has 46 heavy (non-hydrogen) atoms. The van der Waals surface area contributed by atoms with Crippen LogP contribution in [-0.4, -0.2) is 6.71 Å². The van der Waals surface area contributed by atoms with Crippen LogP contribution < -0.4 is 10.9 Å². The third-order valence-corrected chi connectivity index (χ3v) is 8.83. The lowest BCUT2D eigenvalue weighted by atomic mass is 9.34. The first-order valence-corrected chi connectivity index (χ1v) is 16.1. The Kier molecular flexibility index (Phi) is 9.71. The van der Waals surface area contributed by atoms with Crippen LogP contribution in [0.4, 0.5) is 0 Å². The molecule has 0 aliphatic carbocycles. The van der Waals surface area contributed by atoms with Gasteiger partial charge in [-0.05, 0) is 65.3 Å². The van der Waals surface area contributed by atoms with Gasteiger partial charge in [-0.1, -0.05) is 204 Å². The van der Waals surface area contributed by atoms with Crippen LogP contribution in [0.15, 0.2) is 193 Å². The minimum atomic E-state index is 0.0335. The van der Waals surface area contributed by atoms with Gasteiger partial charge in [0.2, 0.25) is 6.71 Å². The lowest BCUT2D eigenvalue weighted by Crippen LogP contribution is -2.44. The largest absolute Gasteiger partial charge is 0.242 e. The molecule has 0 spiro atoms. The van der Waals surface area contributed by atoms with E-state index in [4.69, 9.17) is 0 Å². The van der Waals surface area contributed by atoms with Gasteiger partial charge in [0.15, 0.2) is 0 Å². The van der Waals surface area contributed by atoms with Crippen LogP contribution in [0.1, 0.15) is 26.3 Å². The van der Waals surface area contributed by atoms with Crippen LogP contribution in [0.3, 0.4) is 0 Å². The molecule has 6 aromatic carbocycles. The predicted molar refractivity (Wildman–Crippen MR) is 202 cm³/mol. The zero-order valence-electron chi connectivity index (χ0n) is 26.9. The topological polar surface area (TPSA) is 0 Å². The lowest BCUT2D eigenvalue weighted by molar-refractivity contribution is 1.35. The van der Waals surface area contributed by atoms with Gasteiger partial charge in [0.05, 0.1) is 0 Å². The molecule has 0 unspecified atom stereocenters. The average molecular weight is 591 g/mol. The summed E-state index contributed by atoms with van der Waals surface area (Å²) in [7, 11) is 0. The van der Waals surface area contributed by atoms with Gasteiger partial charge in [-0.3, -0.25) is 0 Å². The molecule has 6 rings (SSSR count). The Balaban J connectivity index is 1.52. The summed E-state index contributed by atoms with van der Waals surface area (Å²) >= 11 is 0. The monoisotopic (exact) mass is 590 g/mol. The summed E-state index contributed by atoms with van der Waals surface area (Å²) in [6.07, 6.45) is 6.45. The van der Waals surface area contributed by atoms with Gasteiger partial charge >= 0.3 is 0 Å². The Morgan fingerprint density at radius 1 is 0.435 bits per heavy atom. The van der Waals surface area contributed by atoms with E-state index in [1.807, 2.05) is 0 Å². The highest BCUT2D eigenvalue weighted by molar-refractivity contribution is 6.99. The van der Waals surface area contributed by atoms with Crippen molar-refractivity contribution in [3.05, 3.63) is 199 Å². The molecule has 0 bridgehead atoms. The first kappa shape index (κ1) is 30.6. The normalized spacial score (nSPS) is 12.2. The number of allylic oxidation sites excluding steroid dienone is 5. The highest BCUT2D eigenvalue weighted by Crippen LogP contribution is 2.30. The van der Waals surface area contributed by atoms with Crippen molar-refractivity contribution < 1.29 is 0 Å². The number of hydrogen-bond acceptors (Lipinski definition) is 0. The van der Waals surface area contributed by atoms with Crippen molar-refractivity contribution in [1.82, 2.24) is 0 Å². The van der Waals surface area contributed by atoms with E-state index in [1.165, 1.54) is 66.5 Å². The summed E-state index contributed by atoms with van der Waals surface area (Å²) in [5.74, 6) is 0. The van der Waals surface area contributed by atoms with Crippen molar-refractivity contribution in [3.8, 4) is 33.4 Å². The molecule has 0 aliphatic heterocycles. The molecule has 0 amide bonds. The molecule has 0 radical (unpaired) electrons. The zero-order chi connectivity index (χ0) is 31.7. The van der Waals surface area contributed by atoms with Crippen molar-refractivity contribution in [2.75, 3.05) is 0 Å². The van der Waals surface area contributed by atoms with Crippen LogP contribution in [0, 0.1) is 0 Å². The quantitative estimate of drug-likeness (QED) is 0.116. The third kappa shape index (κ3) is 6.95. The highest BCUT2D eigenvalue weighted by atomic mass is 14.1. The van der Waals surface area contributed by atoms with Gasteiger partial charge in [-0.25, -0.2) is 0 Å². The Morgan fingerprint density at radius 3 is 1.15 bits per heavy atom.